The minimum atomic E-state index is 0.0769. The van der Waals surface area contributed by atoms with Crippen LogP contribution >= 0.6 is 0 Å². The van der Waals surface area contributed by atoms with Gasteiger partial charge in [0.2, 0.25) is 0 Å². The first-order valence-corrected chi connectivity index (χ1v) is 7.50. The molecule has 114 valence electrons. The molecule has 20 heavy (non-hydrogen) atoms. The molecule has 0 aliphatic rings. The zero-order chi connectivity index (χ0) is 15.6. The molecule has 0 saturated carbocycles. The van der Waals surface area contributed by atoms with E-state index in [4.69, 9.17) is 9.47 Å². The van der Waals surface area contributed by atoms with Crippen LogP contribution in [0.2, 0.25) is 0 Å². The van der Waals surface area contributed by atoms with Gasteiger partial charge in [-0.25, -0.2) is 0 Å². The molecular weight excluding hydrogens is 248 g/mol. The monoisotopic (exact) mass is 278 g/mol. The molecule has 0 aromatic heterocycles. The lowest BCUT2D eigenvalue weighted by atomic mass is 9.77. The van der Waals surface area contributed by atoms with Crippen LogP contribution in [0, 0.1) is 0 Å². The van der Waals surface area contributed by atoms with Crippen molar-refractivity contribution in [2.45, 2.75) is 65.2 Å². The van der Waals surface area contributed by atoms with Gasteiger partial charge >= 0.3 is 0 Å². The molecule has 0 fully saturated rings. The van der Waals surface area contributed by atoms with E-state index in [0.717, 1.165) is 24.3 Å². The smallest absolute Gasteiger partial charge is 0.123 e. The summed E-state index contributed by atoms with van der Waals surface area (Å²) in [6.45, 7) is 13.4. The number of rotatable bonds is 6. The largest absolute Gasteiger partial charge is 0.496 e. The highest BCUT2D eigenvalue weighted by Crippen LogP contribution is 2.43. The Morgan fingerprint density at radius 1 is 0.750 bits per heavy atom. The van der Waals surface area contributed by atoms with Gasteiger partial charge in [-0.05, 0) is 35.8 Å². The molecule has 0 heterocycles. The van der Waals surface area contributed by atoms with E-state index in [0.29, 0.717) is 0 Å². The van der Waals surface area contributed by atoms with Gasteiger partial charge in [-0.1, -0.05) is 41.5 Å². The summed E-state index contributed by atoms with van der Waals surface area (Å²) >= 11 is 0. The van der Waals surface area contributed by atoms with Crippen LogP contribution in [-0.2, 0) is 10.8 Å². The number of hydrogen-bond acceptors (Lipinski definition) is 2. The van der Waals surface area contributed by atoms with Crippen LogP contribution in [-0.4, -0.2) is 14.2 Å². The summed E-state index contributed by atoms with van der Waals surface area (Å²) in [5, 5.41) is 0. The van der Waals surface area contributed by atoms with E-state index in [1.807, 2.05) is 0 Å². The number of hydrogen-bond donors (Lipinski definition) is 0. The second kappa shape index (κ2) is 6.07. The van der Waals surface area contributed by atoms with Gasteiger partial charge in [0.05, 0.1) is 14.2 Å². The maximum absolute atomic E-state index is 5.66. The van der Waals surface area contributed by atoms with Gasteiger partial charge in [-0.3, -0.25) is 0 Å². The van der Waals surface area contributed by atoms with Crippen molar-refractivity contribution in [1.82, 2.24) is 0 Å². The first kappa shape index (κ1) is 16.9. The summed E-state index contributed by atoms with van der Waals surface area (Å²) < 4.78 is 11.3. The van der Waals surface area contributed by atoms with Crippen molar-refractivity contribution in [3.8, 4) is 11.5 Å². The summed E-state index contributed by atoms with van der Waals surface area (Å²) in [6, 6.07) is 4.32. The Hall–Kier alpha value is -1.18. The van der Waals surface area contributed by atoms with Crippen molar-refractivity contribution < 1.29 is 9.47 Å². The second-order valence-corrected chi connectivity index (χ2v) is 6.73. The van der Waals surface area contributed by atoms with Crippen molar-refractivity contribution in [2.24, 2.45) is 0 Å². The Morgan fingerprint density at radius 2 is 1.05 bits per heavy atom. The average molecular weight is 278 g/mol. The minimum absolute atomic E-state index is 0.0769. The summed E-state index contributed by atoms with van der Waals surface area (Å²) in [5.74, 6) is 1.93. The first-order chi connectivity index (χ1) is 9.23. The van der Waals surface area contributed by atoms with Crippen molar-refractivity contribution >= 4 is 0 Å². The van der Waals surface area contributed by atoms with E-state index < -0.39 is 0 Å². The fourth-order valence-electron chi connectivity index (χ4n) is 2.34. The Bertz CT molecular complexity index is 415. The molecule has 0 unspecified atom stereocenters. The molecule has 0 bridgehead atoms. The summed E-state index contributed by atoms with van der Waals surface area (Å²) in [5.41, 5.74) is 2.59. The normalized spacial score (nSPS) is 12.4. The average Bonchev–Trinajstić information content (AvgIpc) is 2.45. The fourth-order valence-corrected chi connectivity index (χ4v) is 2.34. The van der Waals surface area contributed by atoms with Crippen LogP contribution in [0.3, 0.4) is 0 Å². The van der Waals surface area contributed by atoms with E-state index in [2.05, 4.69) is 53.7 Å². The number of methoxy groups -OCH3 is 2. The summed E-state index contributed by atoms with van der Waals surface area (Å²) in [4.78, 5) is 0. The highest BCUT2D eigenvalue weighted by atomic mass is 16.5. The molecule has 2 heteroatoms. The van der Waals surface area contributed by atoms with Crippen LogP contribution in [0.1, 0.15) is 65.5 Å². The van der Waals surface area contributed by atoms with E-state index in [1.54, 1.807) is 14.2 Å². The zero-order valence-electron chi connectivity index (χ0n) is 14.4. The van der Waals surface area contributed by atoms with Gasteiger partial charge in [0, 0.05) is 11.1 Å². The van der Waals surface area contributed by atoms with Gasteiger partial charge in [0.25, 0.3) is 0 Å². The van der Waals surface area contributed by atoms with E-state index in [9.17, 15) is 0 Å². The van der Waals surface area contributed by atoms with Gasteiger partial charge < -0.3 is 9.47 Å². The molecule has 0 aliphatic carbocycles. The van der Waals surface area contributed by atoms with Gasteiger partial charge in [-0.15, -0.1) is 0 Å². The van der Waals surface area contributed by atoms with Gasteiger partial charge in [0.1, 0.15) is 11.5 Å². The standard InChI is InChI=1S/C18H30O2/c1-9-17(3,4)13-11-16(20-8)14(12-15(13)19-7)18(5,6)10-2/h11-12H,9-10H2,1-8H3. The zero-order valence-corrected chi connectivity index (χ0v) is 14.4. The Morgan fingerprint density at radius 3 is 1.25 bits per heavy atom. The molecule has 2 nitrogen and oxygen atoms in total. The van der Waals surface area contributed by atoms with E-state index in [-0.39, 0.29) is 10.8 Å². The molecule has 1 aromatic carbocycles. The topological polar surface area (TPSA) is 18.5 Å². The molecule has 0 spiro atoms. The molecule has 0 N–H and O–H groups in total. The van der Waals surface area contributed by atoms with Crippen molar-refractivity contribution in [3.05, 3.63) is 23.3 Å². The lowest BCUT2D eigenvalue weighted by molar-refractivity contribution is 0.366. The van der Waals surface area contributed by atoms with E-state index in [1.165, 1.54) is 11.1 Å². The summed E-state index contributed by atoms with van der Waals surface area (Å²) in [6.07, 6.45) is 2.12. The number of benzene rings is 1. The fraction of sp³-hybridized carbons (Fsp3) is 0.667. The third kappa shape index (κ3) is 3.11. The quantitative estimate of drug-likeness (QED) is 0.722. The van der Waals surface area contributed by atoms with Crippen LogP contribution < -0.4 is 9.47 Å². The van der Waals surface area contributed by atoms with E-state index >= 15 is 0 Å². The van der Waals surface area contributed by atoms with Gasteiger partial charge in [0.15, 0.2) is 0 Å². The molecule has 0 atom stereocenters. The maximum atomic E-state index is 5.66. The third-order valence-corrected chi connectivity index (χ3v) is 4.75. The van der Waals surface area contributed by atoms with Crippen LogP contribution in [0.5, 0.6) is 11.5 Å². The molecule has 1 rings (SSSR count). The number of ether oxygens (including phenoxy) is 2. The Labute approximate surface area is 124 Å². The Kier molecular flexibility index (Phi) is 5.12. The predicted molar refractivity (Wildman–Crippen MR) is 86.2 cm³/mol. The summed E-state index contributed by atoms with van der Waals surface area (Å²) in [7, 11) is 3.50. The lowest BCUT2D eigenvalue weighted by Gasteiger charge is -2.31. The predicted octanol–water partition coefficient (Wildman–Crippen LogP) is 5.08. The molecule has 1 aromatic rings. The second-order valence-electron chi connectivity index (χ2n) is 6.73. The van der Waals surface area contributed by atoms with Crippen LogP contribution in [0.4, 0.5) is 0 Å². The molecular formula is C18H30O2. The highest BCUT2D eigenvalue weighted by molar-refractivity contribution is 5.52. The first-order valence-electron chi connectivity index (χ1n) is 7.50. The Balaban J connectivity index is 3.54. The van der Waals surface area contributed by atoms with Crippen LogP contribution in [0.25, 0.3) is 0 Å². The molecule has 0 aliphatic heterocycles. The maximum Gasteiger partial charge on any atom is 0.123 e. The van der Waals surface area contributed by atoms with Crippen molar-refractivity contribution in [2.75, 3.05) is 14.2 Å². The van der Waals surface area contributed by atoms with Crippen molar-refractivity contribution in [3.63, 3.8) is 0 Å². The minimum Gasteiger partial charge on any atom is -0.496 e. The third-order valence-electron chi connectivity index (χ3n) is 4.75. The van der Waals surface area contributed by atoms with Gasteiger partial charge in [-0.2, -0.15) is 0 Å². The molecule has 0 amide bonds. The highest BCUT2D eigenvalue weighted by Gasteiger charge is 2.29. The van der Waals surface area contributed by atoms with Crippen LogP contribution in [0.15, 0.2) is 12.1 Å². The molecule has 0 radical (unpaired) electrons. The lowest BCUT2D eigenvalue weighted by Crippen LogP contribution is -2.21. The SMILES string of the molecule is CCC(C)(C)c1cc(OC)c(C(C)(C)CC)cc1OC. The van der Waals surface area contributed by atoms with Crippen molar-refractivity contribution in [1.29, 1.82) is 0 Å². The molecule has 0 saturated heterocycles.